The van der Waals surface area contributed by atoms with Crippen molar-refractivity contribution in [3.05, 3.63) is 65.2 Å². The monoisotopic (exact) mass is 251 g/mol. The van der Waals surface area contributed by atoms with Crippen molar-refractivity contribution in [2.24, 2.45) is 0 Å². The Labute approximate surface area is 101 Å². The van der Waals surface area contributed by atoms with Crippen LogP contribution in [0.15, 0.2) is 36.7 Å². The van der Waals surface area contributed by atoms with E-state index in [1.54, 1.807) is 0 Å². The molecular formula is C13H8F3NO. The smallest absolute Gasteiger partial charge is 0.168 e. The van der Waals surface area contributed by atoms with Crippen molar-refractivity contribution in [1.82, 2.24) is 4.98 Å². The predicted molar refractivity (Wildman–Crippen MR) is 58.6 cm³/mol. The van der Waals surface area contributed by atoms with Crippen LogP contribution in [0.25, 0.3) is 0 Å². The molecular weight excluding hydrogens is 243 g/mol. The normalized spacial score (nSPS) is 10.4. The van der Waals surface area contributed by atoms with Gasteiger partial charge < -0.3 is 0 Å². The first kappa shape index (κ1) is 12.3. The maximum Gasteiger partial charge on any atom is 0.168 e. The van der Waals surface area contributed by atoms with Gasteiger partial charge in [0.05, 0.1) is 6.20 Å². The van der Waals surface area contributed by atoms with Crippen molar-refractivity contribution in [3.8, 4) is 0 Å². The third-order valence-electron chi connectivity index (χ3n) is 2.31. The molecule has 2 rings (SSSR count). The zero-order valence-electron chi connectivity index (χ0n) is 9.16. The number of ketones is 1. The summed E-state index contributed by atoms with van der Waals surface area (Å²) in [4.78, 5) is 15.3. The van der Waals surface area contributed by atoms with E-state index < -0.39 is 23.2 Å². The van der Waals surface area contributed by atoms with Gasteiger partial charge in [-0.3, -0.25) is 9.78 Å². The van der Waals surface area contributed by atoms with Gasteiger partial charge in [0.25, 0.3) is 0 Å². The van der Waals surface area contributed by atoms with Crippen LogP contribution in [0.1, 0.15) is 15.9 Å². The van der Waals surface area contributed by atoms with E-state index in [9.17, 15) is 18.0 Å². The van der Waals surface area contributed by atoms with Gasteiger partial charge >= 0.3 is 0 Å². The lowest BCUT2D eigenvalue weighted by Crippen LogP contribution is -2.05. The Hall–Kier alpha value is -2.17. The van der Waals surface area contributed by atoms with E-state index in [1.807, 2.05) is 0 Å². The van der Waals surface area contributed by atoms with Crippen LogP contribution in [0.3, 0.4) is 0 Å². The highest BCUT2D eigenvalue weighted by molar-refractivity contribution is 5.97. The summed E-state index contributed by atoms with van der Waals surface area (Å²) in [5.41, 5.74) is 0.265. The zero-order valence-corrected chi connectivity index (χ0v) is 9.16. The summed E-state index contributed by atoms with van der Waals surface area (Å²) in [5.74, 6) is -2.59. The molecule has 0 fully saturated rings. The highest BCUT2D eigenvalue weighted by Gasteiger charge is 2.10. The fourth-order valence-electron chi connectivity index (χ4n) is 1.56. The number of pyridine rings is 1. The van der Waals surface area contributed by atoms with Crippen LogP contribution in [0.5, 0.6) is 0 Å². The van der Waals surface area contributed by atoms with Crippen LogP contribution in [0.4, 0.5) is 13.2 Å². The number of carbonyl (C=O) groups is 1. The second-order valence-corrected chi connectivity index (χ2v) is 3.77. The van der Waals surface area contributed by atoms with E-state index in [1.165, 1.54) is 6.20 Å². The van der Waals surface area contributed by atoms with Gasteiger partial charge in [0, 0.05) is 24.2 Å². The summed E-state index contributed by atoms with van der Waals surface area (Å²) in [6, 6.07) is 3.88. The largest absolute Gasteiger partial charge is 0.294 e. The summed E-state index contributed by atoms with van der Waals surface area (Å²) in [6.07, 6.45) is 1.97. The molecule has 2 nitrogen and oxygen atoms in total. The van der Waals surface area contributed by atoms with E-state index in [2.05, 4.69) is 4.98 Å². The van der Waals surface area contributed by atoms with Crippen molar-refractivity contribution in [1.29, 1.82) is 0 Å². The molecule has 5 heteroatoms. The lowest BCUT2D eigenvalue weighted by molar-refractivity contribution is 0.0992. The number of nitrogens with zero attached hydrogens (tertiary/aromatic N) is 1. The molecule has 0 bridgehead atoms. The summed E-state index contributed by atoms with van der Waals surface area (Å²) in [6.45, 7) is 0. The van der Waals surface area contributed by atoms with E-state index >= 15 is 0 Å². The highest BCUT2D eigenvalue weighted by Crippen LogP contribution is 2.12. The molecule has 1 aromatic heterocycles. The lowest BCUT2D eigenvalue weighted by atomic mass is 10.0. The van der Waals surface area contributed by atoms with Gasteiger partial charge in [-0.25, -0.2) is 13.2 Å². The third kappa shape index (κ3) is 2.94. The average molecular weight is 251 g/mol. The standard InChI is InChI=1S/C13H8F3NO/c14-10-1-8(2-11(15)5-10)3-13(18)9-4-12(16)7-17-6-9/h1-2,4-7H,3H2. The van der Waals surface area contributed by atoms with Crippen LogP contribution in [-0.4, -0.2) is 10.8 Å². The molecule has 1 heterocycles. The Morgan fingerprint density at radius 1 is 0.944 bits per heavy atom. The predicted octanol–water partition coefficient (Wildman–Crippen LogP) is 2.92. The Kier molecular flexibility index (Phi) is 3.41. The van der Waals surface area contributed by atoms with Gasteiger partial charge in [0.2, 0.25) is 0 Å². The molecule has 0 saturated carbocycles. The molecule has 18 heavy (non-hydrogen) atoms. The van der Waals surface area contributed by atoms with Crippen molar-refractivity contribution in [2.45, 2.75) is 6.42 Å². The number of hydrogen-bond donors (Lipinski definition) is 0. The quantitative estimate of drug-likeness (QED) is 0.785. The number of aromatic nitrogens is 1. The minimum atomic E-state index is -0.754. The van der Waals surface area contributed by atoms with Crippen LogP contribution in [-0.2, 0) is 6.42 Å². The number of hydrogen-bond acceptors (Lipinski definition) is 2. The van der Waals surface area contributed by atoms with Gasteiger partial charge in [0.15, 0.2) is 5.78 Å². The number of halogens is 3. The number of carbonyl (C=O) groups excluding carboxylic acids is 1. The maximum atomic E-state index is 12.9. The Morgan fingerprint density at radius 2 is 1.61 bits per heavy atom. The molecule has 0 atom stereocenters. The van der Waals surface area contributed by atoms with E-state index in [0.29, 0.717) is 0 Å². The first-order valence-electron chi connectivity index (χ1n) is 5.13. The fraction of sp³-hybridized carbons (Fsp3) is 0.0769. The minimum Gasteiger partial charge on any atom is -0.294 e. The van der Waals surface area contributed by atoms with Crippen molar-refractivity contribution in [2.75, 3.05) is 0 Å². The molecule has 0 amide bonds. The molecule has 0 aliphatic heterocycles. The van der Waals surface area contributed by atoms with Crippen molar-refractivity contribution < 1.29 is 18.0 Å². The van der Waals surface area contributed by atoms with Crippen molar-refractivity contribution >= 4 is 5.78 Å². The van der Waals surface area contributed by atoms with E-state index in [0.717, 1.165) is 30.5 Å². The minimum absolute atomic E-state index is 0.0691. The molecule has 0 unspecified atom stereocenters. The van der Waals surface area contributed by atoms with E-state index in [4.69, 9.17) is 0 Å². The number of benzene rings is 1. The number of Topliss-reactive ketones (excluding diaryl/α,β-unsaturated/α-hetero) is 1. The highest BCUT2D eigenvalue weighted by atomic mass is 19.1. The molecule has 2 aromatic rings. The summed E-state index contributed by atoms with van der Waals surface area (Å²) < 4.78 is 38.7. The molecule has 92 valence electrons. The molecule has 0 aliphatic rings. The van der Waals surface area contributed by atoms with E-state index in [-0.39, 0.29) is 17.5 Å². The molecule has 0 N–H and O–H groups in total. The Balaban J connectivity index is 2.21. The average Bonchev–Trinajstić information content (AvgIpc) is 2.27. The Morgan fingerprint density at radius 3 is 2.22 bits per heavy atom. The summed E-state index contributed by atoms with van der Waals surface area (Å²) in [7, 11) is 0. The van der Waals surface area contributed by atoms with Gasteiger partial charge in [-0.1, -0.05) is 0 Å². The van der Waals surface area contributed by atoms with Gasteiger partial charge in [-0.2, -0.15) is 0 Å². The van der Waals surface area contributed by atoms with Gasteiger partial charge in [0.1, 0.15) is 17.5 Å². The van der Waals surface area contributed by atoms with Gasteiger partial charge in [-0.15, -0.1) is 0 Å². The topological polar surface area (TPSA) is 30.0 Å². The molecule has 0 radical (unpaired) electrons. The first-order valence-corrected chi connectivity index (χ1v) is 5.13. The lowest BCUT2D eigenvalue weighted by Gasteiger charge is -2.02. The molecule has 0 saturated heterocycles. The second-order valence-electron chi connectivity index (χ2n) is 3.77. The molecule has 1 aromatic carbocycles. The maximum absolute atomic E-state index is 12.9. The second kappa shape index (κ2) is 5.00. The Bertz CT molecular complexity index is 578. The zero-order chi connectivity index (χ0) is 13.1. The number of rotatable bonds is 3. The first-order chi connectivity index (χ1) is 8.54. The van der Waals surface area contributed by atoms with Crippen LogP contribution in [0.2, 0.25) is 0 Å². The van der Waals surface area contributed by atoms with Crippen LogP contribution >= 0.6 is 0 Å². The fourth-order valence-corrected chi connectivity index (χ4v) is 1.56. The summed E-state index contributed by atoms with van der Waals surface area (Å²) in [5, 5.41) is 0. The summed E-state index contributed by atoms with van der Waals surface area (Å²) >= 11 is 0. The van der Waals surface area contributed by atoms with Crippen molar-refractivity contribution in [3.63, 3.8) is 0 Å². The van der Waals surface area contributed by atoms with Crippen LogP contribution < -0.4 is 0 Å². The SMILES string of the molecule is O=C(Cc1cc(F)cc(F)c1)c1cncc(F)c1. The van der Waals surface area contributed by atoms with Gasteiger partial charge in [-0.05, 0) is 23.8 Å². The van der Waals surface area contributed by atoms with Crippen LogP contribution in [0, 0.1) is 17.5 Å². The molecule has 0 aliphatic carbocycles. The third-order valence-corrected chi connectivity index (χ3v) is 2.31. The molecule has 0 spiro atoms.